The van der Waals surface area contributed by atoms with Gasteiger partial charge in [-0.2, -0.15) is 0 Å². The van der Waals surface area contributed by atoms with E-state index >= 15 is 0 Å². The van der Waals surface area contributed by atoms with Gasteiger partial charge in [-0.25, -0.2) is 8.42 Å². The summed E-state index contributed by atoms with van der Waals surface area (Å²) in [7, 11) is -3.76. The van der Waals surface area contributed by atoms with Crippen LogP contribution in [0.15, 0.2) is 24.3 Å². The third-order valence-electron chi connectivity index (χ3n) is 3.29. The largest absolute Gasteiger partial charge is 0.480 e. The molecule has 6 nitrogen and oxygen atoms in total. The molecule has 1 aromatic carbocycles. The van der Waals surface area contributed by atoms with E-state index in [4.69, 9.17) is 21.4 Å². The van der Waals surface area contributed by atoms with Crippen LogP contribution in [-0.2, 0) is 19.6 Å². The molecule has 0 aliphatic carbocycles. The number of halogens is 1. The fraction of sp³-hybridized carbons (Fsp3) is 0.462. The number of anilines is 1. The van der Waals surface area contributed by atoms with Crippen LogP contribution in [0.1, 0.15) is 12.8 Å². The SMILES string of the molecule is O=C(O)CN(c1ccc(Cl)cc1)S(=O)(=O)C1CCOCC1. The van der Waals surface area contributed by atoms with Gasteiger partial charge in [-0.1, -0.05) is 11.6 Å². The van der Waals surface area contributed by atoms with Crippen molar-refractivity contribution >= 4 is 33.3 Å². The van der Waals surface area contributed by atoms with Crippen LogP contribution in [-0.4, -0.2) is 44.5 Å². The molecule has 116 valence electrons. The molecule has 0 spiro atoms. The van der Waals surface area contributed by atoms with Gasteiger partial charge in [0.05, 0.1) is 10.9 Å². The van der Waals surface area contributed by atoms with Crippen LogP contribution in [0.2, 0.25) is 5.02 Å². The van der Waals surface area contributed by atoms with Gasteiger partial charge in [-0.15, -0.1) is 0 Å². The maximum Gasteiger partial charge on any atom is 0.324 e. The highest BCUT2D eigenvalue weighted by atomic mass is 35.5. The molecule has 0 atom stereocenters. The van der Waals surface area contributed by atoms with Crippen LogP contribution in [0.4, 0.5) is 5.69 Å². The van der Waals surface area contributed by atoms with E-state index in [-0.39, 0.29) is 0 Å². The van der Waals surface area contributed by atoms with Crippen LogP contribution >= 0.6 is 11.6 Å². The van der Waals surface area contributed by atoms with Crippen molar-refractivity contribution in [1.82, 2.24) is 0 Å². The van der Waals surface area contributed by atoms with Crippen LogP contribution in [0.3, 0.4) is 0 Å². The van der Waals surface area contributed by atoms with Crippen LogP contribution in [0.5, 0.6) is 0 Å². The van der Waals surface area contributed by atoms with E-state index in [1.165, 1.54) is 24.3 Å². The Labute approximate surface area is 128 Å². The molecule has 1 N–H and O–H groups in total. The Morgan fingerprint density at radius 2 is 1.86 bits per heavy atom. The molecule has 1 aliphatic heterocycles. The van der Waals surface area contributed by atoms with E-state index < -0.39 is 27.8 Å². The lowest BCUT2D eigenvalue weighted by molar-refractivity contribution is -0.135. The molecule has 0 bridgehead atoms. The van der Waals surface area contributed by atoms with Gasteiger partial charge in [0, 0.05) is 18.2 Å². The zero-order chi connectivity index (χ0) is 15.5. The molecule has 0 unspecified atom stereocenters. The van der Waals surface area contributed by atoms with Gasteiger partial charge < -0.3 is 9.84 Å². The van der Waals surface area contributed by atoms with Gasteiger partial charge in [0.15, 0.2) is 0 Å². The summed E-state index contributed by atoms with van der Waals surface area (Å²) in [4.78, 5) is 11.0. The average Bonchev–Trinajstić information content (AvgIpc) is 2.46. The zero-order valence-electron chi connectivity index (χ0n) is 11.2. The monoisotopic (exact) mass is 333 g/mol. The topological polar surface area (TPSA) is 83.9 Å². The van der Waals surface area contributed by atoms with Crippen molar-refractivity contribution < 1.29 is 23.1 Å². The van der Waals surface area contributed by atoms with E-state index in [1.54, 1.807) is 0 Å². The molecular formula is C13H16ClNO5S. The summed E-state index contributed by atoms with van der Waals surface area (Å²) < 4.78 is 31.5. The quantitative estimate of drug-likeness (QED) is 0.887. The highest BCUT2D eigenvalue weighted by Crippen LogP contribution is 2.26. The van der Waals surface area contributed by atoms with Crippen LogP contribution < -0.4 is 4.31 Å². The Balaban J connectivity index is 2.34. The second kappa shape index (κ2) is 6.64. The second-order valence-corrected chi connectivity index (χ2v) is 7.31. The lowest BCUT2D eigenvalue weighted by atomic mass is 10.2. The van der Waals surface area contributed by atoms with E-state index in [2.05, 4.69) is 0 Å². The standard InChI is InChI=1S/C13H16ClNO5S/c14-10-1-3-11(4-2-10)15(9-13(16)17)21(18,19)12-5-7-20-8-6-12/h1-4,12H,5-9H2,(H,16,17). The lowest BCUT2D eigenvalue weighted by Gasteiger charge is -2.30. The summed E-state index contributed by atoms with van der Waals surface area (Å²) in [6.07, 6.45) is 0.734. The highest BCUT2D eigenvalue weighted by molar-refractivity contribution is 7.93. The molecule has 0 saturated carbocycles. The first-order valence-electron chi connectivity index (χ1n) is 6.48. The van der Waals surface area contributed by atoms with Gasteiger partial charge in [0.2, 0.25) is 10.0 Å². The summed E-state index contributed by atoms with van der Waals surface area (Å²) in [6, 6.07) is 6.07. The van der Waals surface area contributed by atoms with E-state index in [9.17, 15) is 13.2 Å². The molecule has 0 amide bonds. The normalized spacial score (nSPS) is 16.6. The lowest BCUT2D eigenvalue weighted by Crippen LogP contribution is -2.44. The van der Waals surface area contributed by atoms with Gasteiger partial charge in [-0.3, -0.25) is 9.10 Å². The first-order chi connectivity index (χ1) is 9.91. The third-order valence-corrected chi connectivity index (χ3v) is 5.81. The second-order valence-electron chi connectivity index (χ2n) is 4.73. The fourth-order valence-electron chi connectivity index (χ4n) is 2.21. The smallest absolute Gasteiger partial charge is 0.324 e. The third kappa shape index (κ3) is 3.87. The average molecular weight is 334 g/mol. The molecule has 1 fully saturated rings. The number of carboxylic acids is 1. The molecular weight excluding hydrogens is 318 g/mol. The number of benzene rings is 1. The maximum atomic E-state index is 12.7. The first-order valence-corrected chi connectivity index (χ1v) is 8.36. The van der Waals surface area contributed by atoms with Gasteiger partial charge >= 0.3 is 5.97 Å². The first kappa shape index (κ1) is 16.1. The van der Waals surface area contributed by atoms with Gasteiger partial charge in [-0.05, 0) is 37.1 Å². The molecule has 8 heteroatoms. The molecule has 21 heavy (non-hydrogen) atoms. The fourth-order valence-corrected chi connectivity index (χ4v) is 4.19. The van der Waals surface area contributed by atoms with Crippen molar-refractivity contribution in [3.8, 4) is 0 Å². The van der Waals surface area contributed by atoms with Gasteiger partial charge in [0.25, 0.3) is 0 Å². The highest BCUT2D eigenvalue weighted by Gasteiger charge is 2.34. The summed E-state index contributed by atoms with van der Waals surface area (Å²) >= 11 is 5.78. The van der Waals surface area contributed by atoms with Crippen molar-refractivity contribution in [3.05, 3.63) is 29.3 Å². The number of aliphatic carboxylic acids is 1. The Kier molecular flexibility index (Phi) is 5.08. The summed E-state index contributed by atoms with van der Waals surface area (Å²) in [5, 5.41) is 8.84. The molecule has 0 radical (unpaired) electrons. The number of carbonyl (C=O) groups is 1. The summed E-state index contributed by atoms with van der Waals surface area (Å²) in [6.45, 7) is 0.123. The Morgan fingerprint density at radius 1 is 1.29 bits per heavy atom. The number of sulfonamides is 1. The maximum absolute atomic E-state index is 12.7. The van der Waals surface area contributed by atoms with Crippen molar-refractivity contribution in [2.75, 3.05) is 24.1 Å². The number of rotatable bonds is 5. The molecule has 1 heterocycles. The molecule has 2 rings (SSSR count). The van der Waals surface area contributed by atoms with E-state index in [0.717, 1.165) is 4.31 Å². The van der Waals surface area contributed by atoms with Gasteiger partial charge in [0.1, 0.15) is 6.54 Å². The number of carboxylic acid groups (broad SMARTS) is 1. The predicted molar refractivity (Wildman–Crippen MR) is 79.2 cm³/mol. The Hall–Kier alpha value is -1.31. The minimum atomic E-state index is -3.76. The van der Waals surface area contributed by atoms with Crippen molar-refractivity contribution in [2.45, 2.75) is 18.1 Å². The molecule has 1 saturated heterocycles. The molecule has 0 aromatic heterocycles. The minimum Gasteiger partial charge on any atom is -0.480 e. The van der Waals surface area contributed by atoms with Crippen molar-refractivity contribution in [3.63, 3.8) is 0 Å². The number of nitrogens with zero attached hydrogens (tertiary/aromatic N) is 1. The number of ether oxygens (including phenoxy) is 1. The number of hydrogen-bond donors (Lipinski definition) is 1. The van der Waals surface area contributed by atoms with E-state index in [0.29, 0.717) is 36.8 Å². The van der Waals surface area contributed by atoms with Crippen molar-refractivity contribution in [1.29, 1.82) is 0 Å². The van der Waals surface area contributed by atoms with E-state index in [1.807, 2.05) is 0 Å². The Morgan fingerprint density at radius 3 is 2.38 bits per heavy atom. The summed E-state index contributed by atoms with van der Waals surface area (Å²) in [5.74, 6) is -1.21. The Bertz CT molecular complexity index is 595. The van der Waals surface area contributed by atoms with Crippen LogP contribution in [0, 0.1) is 0 Å². The van der Waals surface area contributed by atoms with Crippen LogP contribution in [0.25, 0.3) is 0 Å². The predicted octanol–water partition coefficient (Wildman–Crippen LogP) is 1.74. The molecule has 1 aromatic rings. The zero-order valence-corrected chi connectivity index (χ0v) is 12.8. The summed E-state index contributed by atoms with van der Waals surface area (Å²) in [5.41, 5.74) is 0.299. The molecule has 1 aliphatic rings. The number of hydrogen-bond acceptors (Lipinski definition) is 4. The van der Waals surface area contributed by atoms with Crippen molar-refractivity contribution in [2.24, 2.45) is 0 Å². The minimum absolute atomic E-state index is 0.299.